The van der Waals surface area contributed by atoms with Crippen molar-refractivity contribution >= 4 is 22.5 Å². The standard InChI is InChI=1S/C37H3BF27/c1-38(8-23(51)11(39)2(12(40)24(8)52)5-17(45)29(57)35(63)30(58)18(5)46,9-25(53)13(41)3(14(42)26(9)54)6-19(47)31(59)36(64)32(60)20(6)48)10-27(55)15(43)4(16(44)28(10)56)7-21(49)33(61)37(65)34(62)22(7)50/h1H3/q-1. The van der Waals surface area contributed by atoms with Gasteiger partial charge in [-0.3, -0.25) is 0 Å². The molecular formula is C37H3BF27-. The second-order valence-electron chi connectivity index (χ2n) is 13.3. The smallest absolute Gasteiger partial charge is 0.200 e. The van der Waals surface area contributed by atoms with Crippen LogP contribution in [-0.4, -0.2) is 6.15 Å². The highest BCUT2D eigenvalue weighted by atomic mass is 19.2. The predicted molar refractivity (Wildman–Crippen MR) is 165 cm³/mol. The van der Waals surface area contributed by atoms with Crippen LogP contribution in [0.3, 0.4) is 0 Å². The molecule has 0 heterocycles. The maximum absolute atomic E-state index is 16.3. The van der Waals surface area contributed by atoms with Crippen LogP contribution in [0.2, 0.25) is 6.82 Å². The van der Waals surface area contributed by atoms with Crippen LogP contribution in [0.5, 0.6) is 0 Å². The molecule has 0 aromatic heterocycles. The maximum Gasteiger partial charge on any atom is 0.200 e. The van der Waals surface area contributed by atoms with Gasteiger partial charge in [-0.25, -0.2) is 119 Å². The van der Waals surface area contributed by atoms with E-state index in [1.807, 2.05) is 0 Å². The third-order valence-corrected chi connectivity index (χ3v) is 10.0. The van der Waals surface area contributed by atoms with E-state index in [4.69, 9.17) is 0 Å². The molecule has 0 unspecified atom stereocenters. The van der Waals surface area contributed by atoms with E-state index in [9.17, 15) is 65.9 Å². The van der Waals surface area contributed by atoms with Crippen LogP contribution in [0.15, 0.2) is 0 Å². The summed E-state index contributed by atoms with van der Waals surface area (Å²) >= 11 is 0. The van der Waals surface area contributed by atoms with Gasteiger partial charge in [0, 0.05) is 0 Å². The summed E-state index contributed by atoms with van der Waals surface area (Å²) in [5, 5.41) is 0. The van der Waals surface area contributed by atoms with Crippen molar-refractivity contribution in [3.8, 4) is 33.4 Å². The second kappa shape index (κ2) is 15.9. The van der Waals surface area contributed by atoms with Crippen molar-refractivity contribution in [3.63, 3.8) is 0 Å². The van der Waals surface area contributed by atoms with Gasteiger partial charge < -0.3 is 0 Å². The van der Waals surface area contributed by atoms with Gasteiger partial charge in [-0.05, 0) is 0 Å². The highest BCUT2D eigenvalue weighted by Crippen LogP contribution is 2.41. The number of hydrogen-bond acceptors (Lipinski definition) is 0. The molecule has 0 amide bonds. The van der Waals surface area contributed by atoms with Crippen LogP contribution in [0, 0.1) is 157 Å². The molecule has 0 saturated carbocycles. The minimum atomic E-state index is -6.44. The van der Waals surface area contributed by atoms with Crippen molar-refractivity contribution in [1.29, 1.82) is 0 Å². The number of rotatable bonds is 6. The van der Waals surface area contributed by atoms with Crippen LogP contribution in [0.4, 0.5) is 119 Å². The Bertz CT molecular complexity index is 2640. The summed E-state index contributed by atoms with van der Waals surface area (Å²) in [5.41, 5.74) is -28.2. The minimum absolute atomic E-state index is 0.713. The Kier molecular flexibility index (Phi) is 11.7. The lowest BCUT2D eigenvalue weighted by atomic mass is 9.16. The summed E-state index contributed by atoms with van der Waals surface area (Å²) in [6, 6.07) is 0. The average molecular weight is 971 g/mol. The van der Waals surface area contributed by atoms with Crippen LogP contribution in [-0.2, 0) is 0 Å². The lowest BCUT2D eigenvalue weighted by molar-refractivity contribution is 0.379. The van der Waals surface area contributed by atoms with Crippen LogP contribution >= 0.6 is 0 Å². The molecule has 65 heavy (non-hydrogen) atoms. The Morgan fingerprint density at radius 1 is 0.154 bits per heavy atom. The maximum atomic E-state index is 16.3. The molecule has 0 atom stereocenters. The lowest BCUT2D eigenvalue weighted by Crippen LogP contribution is -2.71. The zero-order valence-electron chi connectivity index (χ0n) is 29.8. The van der Waals surface area contributed by atoms with Crippen molar-refractivity contribution < 1.29 is 119 Å². The first kappa shape index (κ1) is 48.0. The van der Waals surface area contributed by atoms with Gasteiger partial charge in [0.25, 0.3) is 0 Å². The summed E-state index contributed by atoms with van der Waals surface area (Å²) in [6.07, 6.45) is -6.44. The van der Waals surface area contributed by atoms with Gasteiger partial charge in [0.2, 0.25) is 17.5 Å². The van der Waals surface area contributed by atoms with E-state index in [0.717, 1.165) is 0 Å². The first-order chi connectivity index (χ1) is 30.0. The largest absolute Gasteiger partial charge is 0.207 e. The Balaban J connectivity index is 1.88. The van der Waals surface area contributed by atoms with E-state index in [2.05, 4.69) is 0 Å². The molecule has 0 aliphatic rings. The van der Waals surface area contributed by atoms with Crippen molar-refractivity contribution in [2.24, 2.45) is 0 Å². The fraction of sp³-hybridized carbons (Fsp3) is 0.0270. The van der Waals surface area contributed by atoms with Crippen LogP contribution < -0.4 is 16.4 Å². The van der Waals surface area contributed by atoms with E-state index in [1.54, 1.807) is 0 Å². The summed E-state index contributed by atoms with van der Waals surface area (Å²) < 4.78 is 406. The van der Waals surface area contributed by atoms with E-state index >= 15 is 52.7 Å². The van der Waals surface area contributed by atoms with Crippen molar-refractivity contribution in [1.82, 2.24) is 0 Å². The van der Waals surface area contributed by atoms with E-state index in [0.29, 0.717) is 0 Å². The van der Waals surface area contributed by atoms with Gasteiger partial charge in [0.1, 0.15) is 41.0 Å². The number of halogens is 27. The first-order valence-electron chi connectivity index (χ1n) is 16.3. The fourth-order valence-electron chi connectivity index (χ4n) is 7.03. The molecule has 6 aromatic carbocycles. The lowest BCUT2D eigenvalue weighted by Gasteiger charge is -2.41. The topological polar surface area (TPSA) is 0 Å². The van der Waals surface area contributed by atoms with E-state index in [-0.39, 0.29) is 0 Å². The molecule has 0 aliphatic heterocycles. The summed E-state index contributed by atoms with van der Waals surface area (Å²) in [4.78, 5) is 0. The first-order valence-corrected chi connectivity index (χ1v) is 16.3. The molecule has 6 rings (SSSR count). The highest BCUT2D eigenvalue weighted by Gasteiger charge is 2.47. The molecule has 28 heteroatoms. The third kappa shape index (κ3) is 6.31. The van der Waals surface area contributed by atoms with Crippen molar-refractivity contribution in [2.45, 2.75) is 6.82 Å². The van der Waals surface area contributed by atoms with Gasteiger partial charge in [-0.1, -0.05) is 0 Å². The Morgan fingerprint density at radius 2 is 0.246 bits per heavy atom. The third-order valence-electron chi connectivity index (χ3n) is 10.0. The van der Waals surface area contributed by atoms with Gasteiger partial charge in [-0.15, -0.1) is 16.4 Å². The summed E-state index contributed by atoms with van der Waals surface area (Å²) in [6.45, 7) is -0.713. The minimum Gasteiger partial charge on any atom is -0.207 e. The van der Waals surface area contributed by atoms with E-state index < -0.39 is 220 Å². The number of hydrogen-bond donors (Lipinski definition) is 0. The molecule has 0 nitrogen and oxygen atoms in total. The van der Waals surface area contributed by atoms with Crippen LogP contribution in [0.1, 0.15) is 0 Å². The quantitative estimate of drug-likeness (QED) is 0.0675. The Hall–Kier alpha value is -6.51. The van der Waals surface area contributed by atoms with Gasteiger partial charge >= 0.3 is 0 Å². The molecule has 0 radical (unpaired) electrons. The molecule has 0 bridgehead atoms. The molecule has 0 N–H and O–H groups in total. The Labute approximate surface area is 338 Å². The fourth-order valence-corrected chi connectivity index (χ4v) is 7.03. The zero-order valence-corrected chi connectivity index (χ0v) is 29.8. The zero-order chi connectivity index (χ0) is 49.3. The second-order valence-corrected chi connectivity index (χ2v) is 13.3. The van der Waals surface area contributed by atoms with Crippen molar-refractivity contribution in [2.75, 3.05) is 0 Å². The highest BCUT2D eigenvalue weighted by molar-refractivity contribution is 7.11. The molecule has 344 valence electrons. The van der Waals surface area contributed by atoms with E-state index in [1.165, 1.54) is 0 Å². The molecule has 0 aliphatic carbocycles. The molecule has 0 fully saturated rings. The monoisotopic (exact) mass is 971 g/mol. The Morgan fingerprint density at radius 3 is 0.369 bits per heavy atom. The molecule has 6 aromatic rings. The van der Waals surface area contributed by atoms with Gasteiger partial charge in [0.05, 0.1) is 33.4 Å². The summed E-state index contributed by atoms with van der Waals surface area (Å²) in [7, 11) is 0. The van der Waals surface area contributed by atoms with Gasteiger partial charge in [-0.2, -0.15) is 6.82 Å². The normalized spacial score (nSPS) is 12.0. The SMILES string of the molecule is C[B-](c1c(F)c(F)c(-c2c(F)c(F)c(F)c(F)c2F)c(F)c1F)(c1c(F)c(F)c(-c2c(F)c(F)c(F)c(F)c2F)c(F)c1F)c1c(F)c(F)c(-c2c(F)c(F)c(F)c(F)c2F)c(F)c1F. The average Bonchev–Trinajstić information content (AvgIpc) is 3.26. The molecule has 0 spiro atoms. The molecular weight excluding hydrogens is 968 g/mol. The van der Waals surface area contributed by atoms with Crippen LogP contribution in [0.25, 0.3) is 33.4 Å². The summed E-state index contributed by atoms with van der Waals surface area (Å²) in [5.74, 6) is -92.1. The van der Waals surface area contributed by atoms with Gasteiger partial charge in [0.15, 0.2) is 105 Å². The number of benzene rings is 6. The molecule has 0 saturated heterocycles. The predicted octanol–water partition coefficient (Wildman–Crippen LogP) is 11.5. The van der Waals surface area contributed by atoms with Crippen molar-refractivity contribution in [3.05, 3.63) is 157 Å².